The molecule has 0 N–H and O–H groups in total. The molecule has 3 aromatic rings. The van der Waals surface area contributed by atoms with Crippen LogP contribution in [0.15, 0.2) is 74.5 Å². The molecule has 1 saturated heterocycles. The highest BCUT2D eigenvalue weighted by Crippen LogP contribution is 2.37. The van der Waals surface area contributed by atoms with Crippen LogP contribution in [0, 0.1) is 0 Å². The van der Waals surface area contributed by atoms with Crippen LogP contribution in [0.25, 0.3) is 17.4 Å². The molecular weight excluding hydrogens is 470 g/mol. The van der Waals surface area contributed by atoms with Crippen LogP contribution < -0.4 is 9.64 Å². The third-order valence-corrected chi connectivity index (χ3v) is 6.06. The highest BCUT2D eigenvalue weighted by atomic mass is 79.9. The minimum absolute atomic E-state index is 0.161. The van der Waals surface area contributed by atoms with Gasteiger partial charge >= 0.3 is 0 Å². The third-order valence-electron chi connectivity index (χ3n) is 4.23. The maximum Gasteiger partial charge on any atom is 0.270 e. The van der Waals surface area contributed by atoms with Crippen molar-refractivity contribution in [1.29, 1.82) is 0 Å². The van der Waals surface area contributed by atoms with Gasteiger partial charge in [0, 0.05) is 16.1 Å². The molecule has 4 rings (SSSR count). The molecule has 1 amide bonds. The number of hydrogen-bond donors (Lipinski definition) is 0. The van der Waals surface area contributed by atoms with Crippen molar-refractivity contribution in [2.45, 2.75) is 6.92 Å². The molecule has 1 fully saturated rings. The minimum Gasteiger partial charge on any atom is -0.494 e. The van der Waals surface area contributed by atoms with Crippen LogP contribution in [0.4, 0.5) is 5.69 Å². The number of hydrogen-bond acceptors (Lipinski definition) is 5. The average molecular weight is 486 g/mol. The number of anilines is 1. The van der Waals surface area contributed by atoms with Gasteiger partial charge in [0.25, 0.3) is 5.91 Å². The summed E-state index contributed by atoms with van der Waals surface area (Å²) in [5.41, 5.74) is 1.68. The summed E-state index contributed by atoms with van der Waals surface area (Å²) in [7, 11) is 0. The second-order valence-corrected chi connectivity index (χ2v) is 8.74. The largest absolute Gasteiger partial charge is 0.494 e. The minimum atomic E-state index is -0.161. The standard InChI is InChI=1S/C22H16BrNO3S2/c1-2-26-17-9-7-16(8-10-17)24-21(25)20(29-22(24)28)13-18-11-12-19(27-18)14-3-5-15(23)6-4-14/h3-13H,2H2,1H3/b20-13-. The molecule has 2 aromatic carbocycles. The van der Waals surface area contributed by atoms with E-state index in [-0.39, 0.29) is 5.91 Å². The van der Waals surface area contributed by atoms with Gasteiger partial charge in [-0.25, -0.2) is 0 Å². The van der Waals surface area contributed by atoms with Crippen LogP contribution >= 0.6 is 39.9 Å². The Morgan fingerprint density at radius 2 is 1.83 bits per heavy atom. The number of benzene rings is 2. The first kappa shape index (κ1) is 19.9. The van der Waals surface area contributed by atoms with E-state index in [4.69, 9.17) is 21.4 Å². The number of carbonyl (C=O) groups is 1. The lowest BCUT2D eigenvalue weighted by molar-refractivity contribution is -0.113. The average Bonchev–Trinajstić information content (AvgIpc) is 3.28. The first-order valence-corrected chi connectivity index (χ1v) is 10.9. The normalized spacial score (nSPS) is 15.4. The van der Waals surface area contributed by atoms with Crippen LogP contribution in [-0.4, -0.2) is 16.8 Å². The van der Waals surface area contributed by atoms with Gasteiger partial charge in [0.05, 0.1) is 17.2 Å². The molecule has 7 heteroatoms. The lowest BCUT2D eigenvalue weighted by Gasteiger charge is -2.15. The summed E-state index contributed by atoms with van der Waals surface area (Å²) in [6.07, 6.45) is 1.73. The molecule has 1 aliphatic heterocycles. The first-order valence-electron chi connectivity index (χ1n) is 8.92. The number of ether oxygens (including phenoxy) is 1. The fourth-order valence-corrected chi connectivity index (χ4v) is 4.42. The van der Waals surface area contributed by atoms with Gasteiger partial charge in [-0.1, -0.05) is 52.0 Å². The summed E-state index contributed by atoms with van der Waals surface area (Å²) in [6.45, 7) is 2.52. The number of furan rings is 1. The molecular formula is C22H16BrNO3S2. The van der Waals surface area contributed by atoms with Gasteiger partial charge < -0.3 is 9.15 Å². The number of halogens is 1. The van der Waals surface area contributed by atoms with E-state index in [2.05, 4.69) is 15.9 Å². The Kier molecular flexibility index (Phi) is 5.89. The Morgan fingerprint density at radius 1 is 1.10 bits per heavy atom. The third kappa shape index (κ3) is 4.32. The van der Waals surface area contributed by atoms with Crippen LogP contribution in [-0.2, 0) is 4.79 Å². The molecule has 0 unspecified atom stereocenters. The molecule has 0 bridgehead atoms. The van der Waals surface area contributed by atoms with Gasteiger partial charge in [-0.15, -0.1) is 0 Å². The summed E-state index contributed by atoms with van der Waals surface area (Å²) in [4.78, 5) is 15.0. The molecule has 0 atom stereocenters. The molecule has 29 heavy (non-hydrogen) atoms. The predicted octanol–water partition coefficient (Wildman–Crippen LogP) is 6.51. The molecule has 0 spiro atoms. The van der Waals surface area contributed by atoms with Gasteiger partial charge in [0.2, 0.25) is 0 Å². The summed E-state index contributed by atoms with van der Waals surface area (Å²) in [5.74, 6) is 1.94. The van der Waals surface area contributed by atoms with E-state index in [1.807, 2.05) is 67.6 Å². The van der Waals surface area contributed by atoms with Crippen molar-refractivity contribution in [3.8, 4) is 17.1 Å². The van der Waals surface area contributed by atoms with Crippen molar-refractivity contribution in [2.24, 2.45) is 0 Å². The fourth-order valence-electron chi connectivity index (χ4n) is 2.88. The van der Waals surface area contributed by atoms with E-state index in [0.717, 1.165) is 21.5 Å². The zero-order valence-electron chi connectivity index (χ0n) is 15.4. The number of thiocarbonyl (C=S) groups is 1. The van der Waals surface area contributed by atoms with E-state index in [1.54, 1.807) is 6.08 Å². The number of thioether (sulfide) groups is 1. The van der Waals surface area contributed by atoms with Crippen molar-refractivity contribution < 1.29 is 13.9 Å². The van der Waals surface area contributed by atoms with Crippen LogP contribution in [0.5, 0.6) is 5.75 Å². The predicted molar refractivity (Wildman–Crippen MR) is 125 cm³/mol. The molecule has 0 radical (unpaired) electrons. The van der Waals surface area contributed by atoms with Crippen molar-refractivity contribution in [2.75, 3.05) is 11.5 Å². The highest BCUT2D eigenvalue weighted by molar-refractivity contribution is 9.10. The molecule has 2 heterocycles. The van der Waals surface area contributed by atoms with Crippen molar-refractivity contribution >= 4 is 61.9 Å². The SMILES string of the molecule is CCOc1ccc(N2C(=O)/C(=C/c3ccc(-c4ccc(Br)cc4)o3)SC2=S)cc1. The summed E-state index contributed by atoms with van der Waals surface area (Å²) < 4.78 is 12.9. The molecule has 4 nitrogen and oxygen atoms in total. The van der Waals surface area contributed by atoms with E-state index in [9.17, 15) is 4.79 Å². The lowest BCUT2D eigenvalue weighted by atomic mass is 10.2. The monoisotopic (exact) mass is 485 g/mol. The Labute approximate surface area is 186 Å². The van der Waals surface area contributed by atoms with Crippen molar-refractivity contribution in [3.05, 3.63) is 75.8 Å². The number of rotatable bonds is 5. The zero-order valence-corrected chi connectivity index (χ0v) is 18.6. The van der Waals surface area contributed by atoms with Crippen LogP contribution in [0.3, 0.4) is 0 Å². The Bertz CT molecular complexity index is 1090. The topological polar surface area (TPSA) is 42.7 Å². The second kappa shape index (κ2) is 8.57. The molecule has 146 valence electrons. The molecule has 1 aromatic heterocycles. The van der Waals surface area contributed by atoms with Crippen molar-refractivity contribution in [1.82, 2.24) is 0 Å². The van der Waals surface area contributed by atoms with E-state index < -0.39 is 0 Å². The van der Waals surface area contributed by atoms with Gasteiger partial charge in [-0.05, 0) is 55.5 Å². The molecule has 0 saturated carbocycles. The number of amides is 1. The fraction of sp³-hybridized carbons (Fsp3) is 0.0909. The Morgan fingerprint density at radius 3 is 2.52 bits per heavy atom. The molecule has 0 aliphatic carbocycles. The van der Waals surface area contributed by atoms with Crippen LogP contribution in [0.2, 0.25) is 0 Å². The first-order chi connectivity index (χ1) is 14.0. The van der Waals surface area contributed by atoms with Gasteiger partial charge in [0.15, 0.2) is 4.32 Å². The second-order valence-electron chi connectivity index (χ2n) is 6.15. The number of nitrogens with zero attached hydrogens (tertiary/aromatic N) is 1. The Hall–Kier alpha value is -2.35. The maximum absolute atomic E-state index is 12.9. The lowest BCUT2D eigenvalue weighted by Crippen LogP contribution is -2.27. The summed E-state index contributed by atoms with van der Waals surface area (Å²) in [5, 5.41) is 0. The van der Waals surface area contributed by atoms with Crippen LogP contribution in [0.1, 0.15) is 12.7 Å². The van der Waals surface area contributed by atoms with Gasteiger partial charge in [0.1, 0.15) is 17.3 Å². The van der Waals surface area contributed by atoms with Gasteiger partial charge in [-0.3, -0.25) is 9.69 Å². The van der Waals surface area contributed by atoms with E-state index in [1.165, 1.54) is 16.7 Å². The van der Waals surface area contributed by atoms with E-state index >= 15 is 0 Å². The summed E-state index contributed by atoms with van der Waals surface area (Å²) in [6, 6.07) is 18.9. The molecule has 1 aliphatic rings. The highest BCUT2D eigenvalue weighted by Gasteiger charge is 2.33. The maximum atomic E-state index is 12.9. The van der Waals surface area contributed by atoms with E-state index in [0.29, 0.717) is 27.3 Å². The van der Waals surface area contributed by atoms with Gasteiger partial charge in [-0.2, -0.15) is 0 Å². The number of carbonyl (C=O) groups excluding carboxylic acids is 1. The smallest absolute Gasteiger partial charge is 0.270 e. The Balaban J connectivity index is 1.55. The van der Waals surface area contributed by atoms with Crippen molar-refractivity contribution in [3.63, 3.8) is 0 Å². The zero-order chi connectivity index (χ0) is 20.4. The summed E-state index contributed by atoms with van der Waals surface area (Å²) >= 11 is 10.1. The quantitative estimate of drug-likeness (QED) is 0.304.